The zero-order valence-corrected chi connectivity index (χ0v) is 18.6. The van der Waals surface area contributed by atoms with Crippen molar-refractivity contribution in [1.82, 2.24) is 4.98 Å². The van der Waals surface area contributed by atoms with E-state index in [4.69, 9.17) is 14.2 Å². The lowest BCUT2D eigenvalue weighted by Gasteiger charge is -2.15. The van der Waals surface area contributed by atoms with E-state index in [0.717, 1.165) is 42.4 Å². The van der Waals surface area contributed by atoms with E-state index in [1.54, 1.807) is 0 Å². The fourth-order valence-electron chi connectivity index (χ4n) is 3.36. The minimum Gasteiger partial charge on any atom is -0.494 e. The van der Waals surface area contributed by atoms with Crippen molar-refractivity contribution in [2.24, 2.45) is 0 Å². The molecule has 2 aromatic carbocycles. The lowest BCUT2D eigenvalue weighted by molar-refractivity contribution is 0.257. The van der Waals surface area contributed by atoms with E-state index in [-0.39, 0.29) is 11.3 Å². The molecule has 5 nitrogen and oxygen atoms in total. The van der Waals surface area contributed by atoms with Crippen LogP contribution in [-0.4, -0.2) is 18.2 Å². The van der Waals surface area contributed by atoms with Gasteiger partial charge in [-0.2, -0.15) is 0 Å². The van der Waals surface area contributed by atoms with Gasteiger partial charge in [0.1, 0.15) is 12.4 Å². The second kappa shape index (κ2) is 12.0. The summed E-state index contributed by atoms with van der Waals surface area (Å²) in [6.45, 7) is 5.82. The summed E-state index contributed by atoms with van der Waals surface area (Å²) < 4.78 is 17.9. The Morgan fingerprint density at radius 1 is 0.774 bits per heavy atom. The number of unbranched alkanes of at least 4 members (excludes halogenated alkanes) is 4. The third kappa shape index (κ3) is 6.51. The van der Waals surface area contributed by atoms with Gasteiger partial charge in [-0.05, 0) is 30.5 Å². The highest BCUT2D eigenvalue weighted by Crippen LogP contribution is 2.34. The predicted octanol–water partition coefficient (Wildman–Crippen LogP) is 6.25. The number of H-pyrrole nitrogens is 1. The summed E-state index contributed by atoms with van der Waals surface area (Å²) >= 11 is 0. The number of benzene rings is 2. The van der Waals surface area contributed by atoms with E-state index in [2.05, 4.69) is 18.8 Å². The molecule has 0 spiro atoms. The first kappa shape index (κ1) is 22.7. The number of ether oxygens (including phenoxy) is 3. The molecule has 0 saturated heterocycles. The van der Waals surface area contributed by atoms with E-state index in [9.17, 15) is 4.79 Å². The van der Waals surface area contributed by atoms with Crippen LogP contribution >= 0.6 is 0 Å². The van der Waals surface area contributed by atoms with Crippen LogP contribution in [0.25, 0.3) is 10.9 Å². The molecule has 0 unspecified atom stereocenters. The van der Waals surface area contributed by atoms with Crippen LogP contribution in [0, 0.1) is 0 Å². The van der Waals surface area contributed by atoms with Gasteiger partial charge in [-0.3, -0.25) is 4.79 Å². The van der Waals surface area contributed by atoms with E-state index in [1.807, 2.05) is 48.5 Å². The van der Waals surface area contributed by atoms with Crippen LogP contribution in [0.15, 0.2) is 53.3 Å². The van der Waals surface area contributed by atoms with Gasteiger partial charge in [0.05, 0.1) is 18.7 Å². The average Bonchev–Trinajstić information content (AvgIpc) is 2.79. The lowest BCUT2D eigenvalue weighted by atomic mass is 10.1. The van der Waals surface area contributed by atoms with Crippen LogP contribution in [0.3, 0.4) is 0 Å². The molecule has 3 rings (SSSR count). The Kier molecular flexibility index (Phi) is 8.83. The largest absolute Gasteiger partial charge is 0.494 e. The highest BCUT2D eigenvalue weighted by molar-refractivity contribution is 5.88. The summed E-state index contributed by atoms with van der Waals surface area (Å²) in [5.41, 5.74) is 1.39. The van der Waals surface area contributed by atoms with E-state index in [0.29, 0.717) is 31.1 Å². The predicted molar refractivity (Wildman–Crippen MR) is 125 cm³/mol. The zero-order chi connectivity index (χ0) is 21.9. The van der Waals surface area contributed by atoms with Crippen molar-refractivity contribution < 1.29 is 14.2 Å². The van der Waals surface area contributed by atoms with Crippen molar-refractivity contribution in [3.8, 4) is 17.2 Å². The lowest BCUT2D eigenvalue weighted by Crippen LogP contribution is -2.14. The van der Waals surface area contributed by atoms with Crippen LogP contribution in [0.4, 0.5) is 0 Å². The molecule has 5 heteroatoms. The van der Waals surface area contributed by atoms with Crippen molar-refractivity contribution in [2.45, 2.75) is 59.0 Å². The van der Waals surface area contributed by atoms with Crippen LogP contribution < -0.4 is 19.8 Å². The Balaban J connectivity index is 1.87. The molecular formula is C26H33NO4. The molecule has 0 bridgehead atoms. The van der Waals surface area contributed by atoms with Gasteiger partial charge in [0.2, 0.25) is 5.75 Å². The first-order valence-electron chi connectivity index (χ1n) is 11.3. The summed E-state index contributed by atoms with van der Waals surface area (Å²) in [6, 6.07) is 15.5. The van der Waals surface area contributed by atoms with Gasteiger partial charge in [-0.25, -0.2) is 0 Å². The highest BCUT2D eigenvalue weighted by atomic mass is 16.5. The number of rotatable bonds is 13. The van der Waals surface area contributed by atoms with Crippen molar-refractivity contribution in [3.05, 3.63) is 64.4 Å². The molecule has 31 heavy (non-hydrogen) atoms. The minimum atomic E-state index is -0.294. The van der Waals surface area contributed by atoms with E-state index in [1.165, 1.54) is 12.8 Å². The highest BCUT2D eigenvalue weighted by Gasteiger charge is 2.17. The number of pyridine rings is 1. The van der Waals surface area contributed by atoms with Crippen LogP contribution in [0.2, 0.25) is 0 Å². The van der Waals surface area contributed by atoms with E-state index < -0.39 is 0 Å². The quantitative estimate of drug-likeness (QED) is 0.330. The first-order valence-corrected chi connectivity index (χ1v) is 11.3. The van der Waals surface area contributed by atoms with Gasteiger partial charge in [0.15, 0.2) is 5.75 Å². The Morgan fingerprint density at radius 2 is 1.55 bits per heavy atom. The normalized spacial score (nSPS) is 10.9. The monoisotopic (exact) mass is 423 g/mol. The molecule has 0 saturated carbocycles. The van der Waals surface area contributed by atoms with Gasteiger partial charge < -0.3 is 19.2 Å². The Hall–Kier alpha value is -2.95. The molecule has 1 heterocycles. The van der Waals surface area contributed by atoms with Crippen molar-refractivity contribution in [3.63, 3.8) is 0 Å². The van der Waals surface area contributed by atoms with E-state index >= 15 is 0 Å². The maximum atomic E-state index is 12.9. The van der Waals surface area contributed by atoms with Crippen LogP contribution in [0.1, 0.15) is 57.9 Å². The second-order valence-electron chi connectivity index (χ2n) is 7.71. The average molecular weight is 424 g/mol. The molecule has 0 aliphatic heterocycles. The molecule has 0 aliphatic rings. The first-order chi connectivity index (χ1) is 15.2. The Bertz CT molecular complexity index is 997. The maximum Gasteiger partial charge on any atom is 0.294 e. The number of hydrogen-bond donors (Lipinski definition) is 1. The topological polar surface area (TPSA) is 60.5 Å². The number of nitrogens with one attached hydrogen (secondary N) is 1. The molecule has 0 radical (unpaired) electrons. The van der Waals surface area contributed by atoms with Gasteiger partial charge in [0.25, 0.3) is 5.56 Å². The molecule has 3 aromatic rings. The van der Waals surface area contributed by atoms with Gasteiger partial charge in [-0.1, -0.05) is 69.9 Å². The summed E-state index contributed by atoms with van der Waals surface area (Å²) in [5.74, 6) is 1.47. The summed E-state index contributed by atoms with van der Waals surface area (Å²) in [6.07, 6.45) is 6.46. The SMILES string of the molecule is CCCCCCOc1c(OCc2ccccc2)c(=O)[nH]c2cc(OCCCC)ccc12. The summed E-state index contributed by atoms with van der Waals surface area (Å²) in [7, 11) is 0. The number of aromatic nitrogens is 1. The molecule has 166 valence electrons. The molecular weight excluding hydrogens is 390 g/mol. The van der Waals surface area contributed by atoms with Crippen molar-refractivity contribution in [2.75, 3.05) is 13.2 Å². The standard InChI is InChI=1S/C26H33NO4/c1-3-5-7-11-17-30-24-22-15-14-21(29-16-6-4-2)18-23(22)27-26(28)25(24)31-19-20-12-9-8-10-13-20/h8-10,12-15,18H,3-7,11,16-17,19H2,1-2H3,(H,27,28). The molecule has 0 amide bonds. The number of hydrogen-bond acceptors (Lipinski definition) is 4. The molecule has 0 aliphatic carbocycles. The molecule has 0 fully saturated rings. The van der Waals surface area contributed by atoms with Crippen LogP contribution in [-0.2, 0) is 6.61 Å². The third-order valence-corrected chi connectivity index (χ3v) is 5.13. The number of aromatic amines is 1. The summed E-state index contributed by atoms with van der Waals surface area (Å²) in [4.78, 5) is 15.8. The zero-order valence-electron chi connectivity index (χ0n) is 18.6. The smallest absolute Gasteiger partial charge is 0.294 e. The van der Waals surface area contributed by atoms with Gasteiger partial charge >= 0.3 is 0 Å². The molecule has 1 aromatic heterocycles. The van der Waals surface area contributed by atoms with Crippen LogP contribution in [0.5, 0.6) is 17.2 Å². The van der Waals surface area contributed by atoms with Crippen molar-refractivity contribution in [1.29, 1.82) is 0 Å². The van der Waals surface area contributed by atoms with Crippen molar-refractivity contribution >= 4 is 10.9 Å². The maximum absolute atomic E-state index is 12.9. The molecule has 0 atom stereocenters. The third-order valence-electron chi connectivity index (χ3n) is 5.13. The Morgan fingerprint density at radius 3 is 2.32 bits per heavy atom. The Labute approximate surface area is 184 Å². The molecule has 1 N–H and O–H groups in total. The summed E-state index contributed by atoms with van der Waals surface area (Å²) in [5, 5.41) is 0.820. The second-order valence-corrected chi connectivity index (χ2v) is 7.71. The van der Waals surface area contributed by atoms with Gasteiger partial charge in [-0.15, -0.1) is 0 Å². The fraction of sp³-hybridized carbons (Fsp3) is 0.423. The minimum absolute atomic E-state index is 0.228. The number of fused-ring (bicyclic) bond motifs is 1. The fourth-order valence-corrected chi connectivity index (χ4v) is 3.36. The van der Waals surface area contributed by atoms with Gasteiger partial charge in [0, 0.05) is 11.5 Å².